The predicted molar refractivity (Wildman–Crippen MR) is 88.6 cm³/mol. The highest BCUT2D eigenvalue weighted by molar-refractivity contribution is 7.99. The van der Waals surface area contributed by atoms with Crippen LogP contribution in [-0.4, -0.2) is 39.4 Å². The molecule has 5 nitrogen and oxygen atoms in total. The Morgan fingerprint density at radius 2 is 2.18 bits per heavy atom. The lowest BCUT2D eigenvalue weighted by molar-refractivity contribution is -0.141. The SMILES string of the molecule is Cc1csc(CNC(=O)C2CSCN2C(=O)C2CCCC2)n1. The maximum absolute atomic E-state index is 12.6. The van der Waals surface area contributed by atoms with Gasteiger partial charge in [-0.05, 0) is 19.8 Å². The van der Waals surface area contributed by atoms with E-state index in [-0.39, 0.29) is 23.8 Å². The molecule has 7 heteroatoms. The van der Waals surface area contributed by atoms with Crippen LogP contribution in [0.15, 0.2) is 5.38 Å². The highest BCUT2D eigenvalue weighted by atomic mass is 32.2. The molecule has 1 saturated carbocycles. The molecule has 0 bridgehead atoms. The summed E-state index contributed by atoms with van der Waals surface area (Å²) in [6, 6.07) is -0.320. The Morgan fingerprint density at radius 3 is 2.86 bits per heavy atom. The maximum atomic E-state index is 12.6. The average molecular weight is 339 g/mol. The van der Waals surface area contributed by atoms with Crippen LogP contribution in [0.3, 0.4) is 0 Å². The summed E-state index contributed by atoms with van der Waals surface area (Å²) in [4.78, 5) is 31.1. The molecule has 1 atom stereocenters. The Bertz CT molecular complexity index is 555. The minimum absolute atomic E-state index is 0.0517. The number of hydrogen-bond donors (Lipinski definition) is 1. The summed E-state index contributed by atoms with van der Waals surface area (Å²) in [7, 11) is 0. The Balaban J connectivity index is 1.57. The largest absolute Gasteiger partial charge is 0.348 e. The smallest absolute Gasteiger partial charge is 0.244 e. The second-order valence-corrected chi connectivity index (χ2v) is 7.85. The van der Waals surface area contributed by atoms with Gasteiger partial charge in [-0.3, -0.25) is 9.59 Å². The van der Waals surface area contributed by atoms with Crippen LogP contribution in [-0.2, 0) is 16.1 Å². The van der Waals surface area contributed by atoms with E-state index < -0.39 is 0 Å². The van der Waals surface area contributed by atoms with E-state index in [1.54, 1.807) is 28.0 Å². The normalized spacial score (nSPS) is 22.2. The molecule has 3 rings (SSSR count). The van der Waals surface area contributed by atoms with E-state index in [1.807, 2.05) is 12.3 Å². The Hall–Kier alpha value is -1.08. The molecular formula is C15H21N3O2S2. The van der Waals surface area contributed by atoms with Crippen molar-refractivity contribution in [2.75, 3.05) is 11.6 Å². The minimum Gasteiger partial charge on any atom is -0.348 e. The van der Waals surface area contributed by atoms with Gasteiger partial charge in [-0.15, -0.1) is 23.1 Å². The number of thiazole rings is 1. The lowest BCUT2D eigenvalue weighted by Gasteiger charge is -2.25. The second kappa shape index (κ2) is 7.00. The van der Waals surface area contributed by atoms with E-state index in [4.69, 9.17) is 0 Å². The zero-order valence-electron chi connectivity index (χ0n) is 12.7. The molecule has 2 heterocycles. The zero-order chi connectivity index (χ0) is 15.5. The van der Waals surface area contributed by atoms with E-state index in [0.717, 1.165) is 36.4 Å². The van der Waals surface area contributed by atoms with Gasteiger partial charge in [-0.2, -0.15) is 0 Å². The third kappa shape index (κ3) is 3.46. The standard InChI is InChI=1S/C15H21N3O2S2/c1-10-7-22-13(17-10)6-16-14(19)12-8-21-9-18(12)15(20)11-4-2-3-5-11/h7,11-12H,2-6,8-9H2,1H3,(H,16,19). The van der Waals surface area contributed by atoms with Crippen LogP contribution in [0.1, 0.15) is 36.4 Å². The van der Waals surface area contributed by atoms with Gasteiger partial charge in [0.25, 0.3) is 0 Å². The Labute approximate surface area is 138 Å². The summed E-state index contributed by atoms with van der Waals surface area (Å²) in [5.74, 6) is 1.60. The van der Waals surface area contributed by atoms with Crippen molar-refractivity contribution in [3.05, 3.63) is 16.1 Å². The second-order valence-electron chi connectivity index (χ2n) is 5.91. The van der Waals surface area contributed by atoms with Gasteiger partial charge in [-0.1, -0.05) is 12.8 Å². The average Bonchev–Trinajstić information content (AvgIpc) is 3.25. The van der Waals surface area contributed by atoms with Gasteiger partial charge in [0, 0.05) is 22.7 Å². The Morgan fingerprint density at radius 1 is 1.41 bits per heavy atom. The summed E-state index contributed by atoms with van der Waals surface area (Å²) < 4.78 is 0. The molecule has 1 aromatic heterocycles. The third-order valence-corrected chi connectivity index (χ3v) is 6.23. The first-order valence-corrected chi connectivity index (χ1v) is 9.75. The number of thioether (sulfide) groups is 1. The molecule has 1 aromatic rings. The number of aryl methyl sites for hydroxylation is 1. The van der Waals surface area contributed by atoms with Crippen molar-refractivity contribution in [1.82, 2.24) is 15.2 Å². The van der Waals surface area contributed by atoms with Gasteiger partial charge in [-0.25, -0.2) is 4.98 Å². The molecule has 2 aliphatic rings. The number of nitrogens with zero attached hydrogens (tertiary/aromatic N) is 2. The zero-order valence-corrected chi connectivity index (χ0v) is 14.3. The first-order valence-electron chi connectivity index (χ1n) is 7.72. The van der Waals surface area contributed by atoms with Crippen molar-refractivity contribution in [2.45, 2.75) is 45.2 Å². The van der Waals surface area contributed by atoms with Crippen LogP contribution in [0.5, 0.6) is 0 Å². The van der Waals surface area contributed by atoms with Gasteiger partial charge >= 0.3 is 0 Å². The van der Waals surface area contributed by atoms with Gasteiger partial charge in [0.1, 0.15) is 11.0 Å². The Kier molecular flexibility index (Phi) is 5.03. The fourth-order valence-electron chi connectivity index (χ4n) is 3.05. The van der Waals surface area contributed by atoms with Crippen molar-refractivity contribution >= 4 is 34.9 Å². The molecule has 22 heavy (non-hydrogen) atoms. The molecule has 1 unspecified atom stereocenters. The number of carbonyl (C=O) groups excluding carboxylic acids is 2. The fraction of sp³-hybridized carbons (Fsp3) is 0.667. The van der Waals surface area contributed by atoms with Gasteiger partial charge in [0.05, 0.1) is 12.4 Å². The number of rotatable bonds is 4. The van der Waals surface area contributed by atoms with Crippen molar-refractivity contribution in [3.8, 4) is 0 Å². The summed E-state index contributed by atoms with van der Waals surface area (Å²) in [6.45, 7) is 2.39. The molecule has 1 N–H and O–H groups in total. The van der Waals surface area contributed by atoms with Crippen LogP contribution in [0.4, 0.5) is 0 Å². The molecular weight excluding hydrogens is 318 g/mol. The van der Waals surface area contributed by atoms with E-state index >= 15 is 0 Å². The highest BCUT2D eigenvalue weighted by Gasteiger charge is 2.38. The number of hydrogen-bond acceptors (Lipinski definition) is 5. The van der Waals surface area contributed by atoms with Crippen LogP contribution < -0.4 is 5.32 Å². The van der Waals surface area contributed by atoms with Crippen molar-refractivity contribution in [2.24, 2.45) is 5.92 Å². The summed E-state index contributed by atoms with van der Waals surface area (Å²) >= 11 is 3.21. The molecule has 120 valence electrons. The monoisotopic (exact) mass is 339 g/mol. The van der Waals surface area contributed by atoms with Crippen LogP contribution >= 0.6 is 23.1 Å². The van der Waals surface area contributed by atoms with Crippen molar-refractivity contribution in [1.29, 1.82) is 0 Å². The molecule has 2 fully saturated rings. The lowest BCUT2D eigenvalue weighted by atomic mass is 10.1. The first kappa shape index (κ1) is 15.8. The summed E-state index contributed by atoms with van der Waals surface area (Å²) in [5, 5.41) is 5.81. The summed E-state index contributed by atoms with van der Waals surface area (Å²) in [5.41, 5.74) is 0.976. The van der Waals surface area contributed by atoms with Crippen LogP contribution in [0, 0.1) is 12.8 Å². The molecule has 0 radical (unpaired) electrons. The number of carbonyl (C=O) groups is 2. The minimum atomic E-state index is -0.320. The van der Waals surface area contributed by atoms with E-state index in [9.17, 15) is 9.59 Å². The van der Waals surface area contributed by atoms with Crippen LogP contribution in [0.2, 0.25) is 0 Å². The molecule has 1 aliphatic carbocycles. The number of nitrogens with one attached hydrogen (secondary N) is 1. The van der Waals surface area contributed by atoms with Crippen molar-refractivity contribution in [3.63, 3.8) is 0 Å². The van der Waals surface area contributed by atoms with E-state index in [1.165, 1.54) is 0 Å². The van der Waals surface area contributed by atoms with Gasteiger partial charge < -0.3 is 10.2 Å². The topological polar surface area (TPSA) is 62.3 Å². The highest BCUT2D eigenvalue weighted by Crippen LogP contribution is 2.30. The molecule has 1 saturated heterocycles. The molecule has 1 aliphatic heterocycles. The number of aromatic nitrogens is 1. The maximum Gasteiger partial charge on any atom is 0.244 e. The summed E-state index contributed by atoms with van der Waals surface area (Å²) in [6.07, 6.45) is 4.23. The van der Waals surface area contributed by atoms with Gasteiger partial charge in [0.2, 0.25) is 11.8 Å². The molecule has 0 spiro atoms. The van der Waals surface area contributed by atoms with Crippen molar-refractivity contribution < 1.29 is 9.59 Å². The van der Waals surface area contributed by atoms with Crippen LogP contribution in [0.25, 0.3) is 0 Å². The van der Waals surface area contributed by atoms with Gasteiger partial charge in [0.15, 0.2) is 0 Å². The molecule has 0 aromatic carbocycles. The quantitative estimate of drug-likeness (QED) is 0.913. The fourth-order valence-corrected chi connectivity index (χ4v) is 4.92. The third-order valence-electron chi connectivity index (χ3n) is 4.25. The lowest BCUT2D eigenvalue weighted by Crippen LogP contribution is -2.48. The first-order chi connectivity index (χ1) is 10.6. The predicted octanol–water partition coefficient (Wildman–Crippen LogP) is 2.16. The number of amides is 2. The van der Waals surface area contributed by atoms with E-state index in [0.29, 0.717) is 18.2 Å². The molecule has 2 amide bonds. The van der Waals surface area contributed by atoms with E-state index in [2.05, 4.69) is 10.3 Å².